The number of nitrogens with zero attached hydrogens (tertiary/aromatic N) is 2. The zero-order chi connectivity index (χ0) is 23.1. The van der Waals surface area contributed by atoms with Gasteiger partial charge in [0.25, 0.3) is 0 Å². The molecule has 0 aliphatic heterocycles. The van der Waals surface area contributed by atoms with Crippen LogP contribution in [0.15, 0.2) is 24.3 Å². The van der Waals surface area contributed by atoms with E-state index in [9.17, 15) is 9.59 Å². The van der Waals surface area contributed by atoms with Gasteiger partial charge in [-0.25, -0.2) is 4.85 Å². The molecule has 0 unspecified atom stereocenters. The first-order valence-corrected chi connectivity index (χ1v) is 13.9. The fourth-order valence-corrected chi connectivity index (χ4v) is 8.82. The summed E-state index contributed by atoms with van der Waals surface area (Å²) in [6.07, 6.45) is 10.3. The lowest BCUT2D eigenvalue weighted by atomic mass is 10.2. The molecule has 1 aromatic rings. The molecule has 0 atom stereocenters. The molecule has 0 heterocycles. The smallest absolute Gasteiger partial charge is 0.224 e. The minimum Gasteiger partial charge on any atom is -0.495 e. The summed E-state index contributed by atoms with van der Waals surface area (Å²) in [5.41, 5.74) is 1.15. The lowest BCUT2D eigenvalue weighted by molar-refractivity contribution is -0.112. The topological polar surface area (TPSA) is 51.0 Å². The Morgan fingerprint density at radius 3 is 2.06 bits per heavy atom. The predicted molar refractivity (Wildman–Crippen MR) is 134 cm³/mol. The Morgan fingerprint density at radius 1 is 1.06 bits per heavy atom. The fraction of sp³-hybridized carbons (Fsp3) is 0.600. The van der Waals surface area contributed by atoms with Crippen molar-refractivity contribution >= 4 is 30.2 Å². The molecule has 0 bridgehead atoms. The lowest BCUT2D eigenvalue weighted by Crippen LogP contribution is -2.27. The van der Waals surface area contributed by atoms with Crippen LogP contribution in [-0.4, -0.2) is 49.8 Å². The summed E-state index contributed by atoms with van der Waals surface area (Å²) < 4.78 is 5.36. The number of rotatable bonds is 16. The Bertz CT molecular complexity index is 770. The molecule has 0 aliphatic rings. The number of carbonyl (C=O) groups excluding carboxylic acids is 2. The maximum absolute atomic E-state index is 13.3. The lowest BCUT2D eigenvalue weighted by Gasteiger charge is -2.28. The second-order valence-electron chi connectivity index (χ2n) is 7.96. The third-order valence-corrected chi connectivity index (χ3v) is 10.5. The van der Waals surface area contributed by atoms with E-state index in [-0.39, 0.29) is 18.7 Å². The minimum atomic E-state index is -1.79. The Labute approximate surface area is 189 Å². The highest BCUT2D eigenvalue weighted by Crippen LogP contribution is 2.52. The van der Waals surface area contributed by atoms with Crippen molar-refractivity contribution in [2.45, 2.75) is 65.7 Å². The molecule has 0 fully saturated rings. The van der Waals surface area contributed by atoms with E-state index < -0.39 is 6.89 Å². The van der Waals surface area contributed by atoms with Crippen molar-refractivity contribution in [1.82, 2.24) is 0 Å². The quantitative estimate of drug-likeness (QED) is 0.176. The van der Waals surface area contributed by atoms with E-state index in [2.05, 4.69) is 25.6 Å². The molecular weight excluding hydrogens is 407 g/mol. The molecule has 0 aromatic heterocycles. The fourth-order valence-electron chi connectivity index (χ4n) is 3.90. The van der Waals surface area contributed by atoms with Gasteiger partial charge in [-0.05, 0) is 30.6 Å². The number of hydrogen-bond donors (Lipinski definition) is 0. The molecule has 31 heavy (non-hydrogen) atoms. The van der Waals surface area contributed by atoms with Crippen LogP contribution in [0.3, 0.4) is 0 Å². The van der Waals surface area contributed by atoms with E-state index in [1.54, 1.807) is 19.2 Å². The molecule has 1 amide bonds. The van der Waals surface area contributed by atoms with Crippen molar-refractivity contribution in [3.05, 3.63) is 35.7 Å². The number of unbranched alkanes of at least 4 members (excludes halogenated alkanes) is 3. The number of ether oxygens (including phenoxy) is 1. The van der Waals surface area contributed by atoms with Crippen molar-refractivity contribution in [2.75, 3.05) is 37.0 Å². The van der Waals surface area contributed by atoms with Crippen molar-refractivity contribution in [3.8, 4) is 5.75 Å². The molecule has 5 nitrogen and oxygen atoms in total. The highest BCUT2D eigenvalue weighted by molar-refractivity contribution is 7.78. The van der Waals surface area contributed by atoms with E-state index in [0.717, 1.165) is 63.4 Å². The van der Waals surface area contributed by atoms with Crippen LogP contribution in [-0.2, 0) is 9.59 Å². The average Bonchev–Trinajstić information content (AvgIpc) is 2.80. The van der Waals surface area contributed by atoms with Gasteiger partial charge in [-0.15, -0.1) is 0 Å². The SMILES string of the molecule is [C-]#[N+]C(C(=O)CCN(C=O)c1ccccc1OC)=P(CCCC)(CCCC)CCCC. The predicted octanol–water partition coefficient (Wildman–Crippen LogP) is 6.08. The van der Waals surface area contributed by atoms with Gasteiger partial charge in [-0.3, -0.25) is 4.79 Å². The van der Waals surface area contributed by atoms with Crippen LogP contribution in [0, 0.1) is 6.57 Å². The van der Waals surface area contributed by atoms with Gasteiger partial charge in [0.1, 0.15) is 5.75 Å². The number of hydrogen-bond acceptors (Lipinski definition) is 3. The number of amides is 1. The first-order chi connectivity index (χ1) is 15.0. The minimum absolute atomic E-state index is 0.0756. The molecular formula is C25H39N2O3P. The molecule has 0 N–H and O–H groups in total. The molecule has 6 heteroatoms. The van der Waals surface area contributed by atoms with Gasteiger partial charge in [-0.2, -0.15) is 0 Å². The summed E-state index contributed by atoms with van der Waals surface area (Å²) in [6, 6.07) is 7.28. The molecule has 1 aromatic carbocycles. The molecule has 0 aliphatic carbocycles. The first kappa shape index (κ1) is 27.0. The zero-order valence-electron chi connectivity index (χ0n) is 19.7. The van der Waals surface area contributed by atoms with Gasteiger partial charge in [0.05, 0.1) is 19.4 Å². The summed E-state index contributed by atoms with van der Waals surface area (Å²) in [6.45, 7) is 12.9. The van der Waals surface area contributed by atoms with Crippen molar-refractivity contribution in [3.63, 3.8) is 0 Å². The number of Topliss-reactive ketones (excluding diaryl/α,β-unsaturated/α-hetero) is 1. The Morgan fingerprint density at radius 2 is 1.61 bits per heavy atom. The summed E-state index contributed by atoms with van der Waals surface area (Å²) in [5.74, 6) is 0.514. The molecule has 172 valence electrons. The zero-order valence-corrected chi connectivity index (χ0v) is 20.6. The highest BCUT2D eigenvalue weighted by atomic mass is 31.2. The normalized spacial score (nSPS) is 10.9. The van der Waals surface area contributed by atoms with Gasteiger partial charge in [0.2, 0.25) is 11.8 Å². The molecule has 0 radical (unpaired) electrons. The summed E-state index contributed by atoms with van der Waals surface area (Å²) in [7, 11) is 1.56. The summed E-state index contributed by atoms with van der Waals surface area (Å²) in [5, 5.41) is 0. The van der Waals surface area contributed by atoms with Crippen molar-refractivity contribution < 1.29 is 14.3 Å². The first-order valence-electron chi connectivity index (χ1n) is 11.5. The number of para-hydroxylation sites is 2. The number of benzene rings is 1. The van der Waals surface area contributed by atoms with Crippen LogP contribution < -0.4 is 9.64 Å². The number of ketones is 1. The van der Waals surface area contributed by atoms with E-state index in [4.69, 9.17) is 11.3 Å². The maximum Gasteiger partial charge on any atom is 0.224 e. The van der Waals surface area contributed by atoms with E-state index >= 15 is 0 Å². The van der Waals surface area contributed by atoms with Crippen molar-refractivity contribution in [2.24, 2.45) is 0 Å². The van der Waals surface area contributed by atoms with Crippen molar-refractivity contribution in [1.29, 1.82) is 0 Å². The van der Waals surface area contributed by atoms with Crippen LogP contribution in [0.25, 0.3) is 4.85 Å². The van der Waals surface area contributed by atoms with Gasteiger partial charge < -0.3 is 14.4 Å². The van der Waals surface area contributed by atoms with Crippen LogP contribution >= 0.6 is 6.89 Å². The largest absolute Gasteiger partial charge is 0.495 e. The third kappa shape index (κ3) is 7.86. The van der Waals surface area contributed by atoms with Crippen LogP contribution in [0.2, 0.25) is 0 Å². The second-order valence-corrected chi connectivity index (χ2v) is 12.0. The number of anilines is 1. The standard InChI is InChI=1S/C25H39N2O3P/c1-6-9-18-31(19-10-7-2,20-11-8-3)25(26-4)23(29)16-17-27(21-28)22-14-12-13-15-24(22)30-5/h12-15,21H,6-11,16-20H2,1-3,5H3. The Kier molecular flexibility index (Phi) is 12.9. The Balaban J connectivity index is 3.23. The molecule has 1 rings (SSSR count). The van der Waals surface area contributed by atoms with Crippen LogP contribution in [0.1, 0.15) is 65.7 Å². The van der Waals surface area contributed by atoms with E-state index in [1.807, 2.05) is 12.1 Å². The van der Waals surface area contributed by atoms with Gasteiger partial charge in [0.15, 0.2) is 5.78 Å². The maximum atomic E-state index is 13.3. The molecule has 0 saturated heterocycles. The number of methoxy groups -OCH3 is 1. The van der Waals surface area contributed by atoms with Crippen LogP contribution in [0.5, 0.6) is 5.75 Å². The number of carbonyl (C=O) groups is 2. The summed E-state index contributed by atoms with van der Waals surface area (Å²) >= 11 is 0. The van der Waals surface area contributed by atoms with Crippen LogP contribution in [0.4, 0.5) is 5.69 Å². The Hall–Kier alpha value is -2.05. The monoisotopic (exact) mass is 446 g/mol. The second kappa shape index (κ2) is 14.9. The van der Waals surface area contributed by atoms with Gasteiger partial charge in [0, 0.05) is 13.0 Å². The summed E-state index contributed by atoms with van der Waals surface area (Å²) in [4.78, 5) is 30.4. The van der Waals surface area contributed by atoms with E-state index in [1.165, 1.54) is 4.90 Å². The molecule has 0 saturated carbocycles. The van der Waals surface area contributed by atoms with Gasteiger partial charge in [-0.1, -0.05) is 78.3 Å². The molecule has 0 spiro atoms. The van der Waals surface area contributed by atoms with E-state index in [0.29, 0.717) is 16.9 Å². The third-order valence-electron chi connectivity index (χ3n) is 5.73. The highest BCUT2D eigenvalue weighted by Gasteiger charge is 2.27. The average molecular weight is 447 g/mol. The van der Waals surface area contributed by atoms with Gasteiger partial charge >= 0.3 is 0 Å².